The van der Waals surface area contributed by atoms with E-state index in [1.165, 1.54) is 10.9 Å². The van der Waals surface area contributed by atoms with Gasteiger partial charge in [-0.05, 0) is 18.2 Å². The summed E-state index contributed by atoms with van der Waals surface area (Å²) in [6.45, 7) is 5.20. The Hall–Kier alpha value is -2.02. The van der Waals surface area contributed by atoms with Crippen LogP contribution in [0, 0.1) is 5.41 Å². The number of rotatable bonds is 5. The van der Waals surface area contributed by atoms with E-state index >= 15 is 0 Å². The van der Waals surface area contributed by atoms with Gasteiger partial charge in [0.15, 0.2) is 12.4 Å². The van der Waals surface area contributed by atoms with Crippen LogP contribution in [0.5, 0.6) is 0 Å². The number of ketones is 1. The minimum absolute atomic E-state index is 0.00147. The summed E-state index contributed by atoms with van der Waals surface area (Å²) in [5.74, 6) is -0.668. The SMILES string of the molecule is CC(C)(C)C(=O)COC(=O)CCn1cnc2ccc(Br)cc2c1=O. The van der Waals surface area contributed by atoms with Gasteiger partial charge in [-0.15, -0.1) is 0 Å². The highest BCUT2D eigenvalue weighted by molar-refractivity contribution is 9.10. The summed E-state index contributed by atoms with van der Waals surface area (Å²) in [5.41, 5.74) is -0.176. The first-order valence-electron chi connectivity index (χ1n) is 7.52. The Morgan fingerprint density at radius 2 is 2.00 bits per heavy atom. The maximum Gasteiger partial charge on any atom is 0.308 e. The van der Waals surface area contributed by atoms with Gasteiger partial charge in [-0.3, -0.25) is 19.0 Å². The molecule has 6 nitrogen and oxygen atoms in total. The first-order chi connectivity index (χ1) is 11.2. The second kappa shape index (κ2) is 7.25. The van der Waals surface area contributed by atoms with E-state index in [2.05, 4.69) is 20.9 Å². The lowest BCUT2D eigenvalue weighted by molar-refractivity contribution is -0.150. The summed E-state index contributed by atoms with van der Waals surface area (Å²) in [7, 11) is 0. The Kier molecular flexibility index (Phi) is 5.54. The van der Waals surface area contributed by atoms with Gasteiger partial charge in [-0.1, -0.05) is 36.7 Å². The molecular weight excluding hydrogens is 376 g/mol. The molecule has 2 aromatic rings. The highest BCUT2D eigenvalue weighted by Gasteiger charge is 2.22. The number of ether oxygens (including phenoxy) is 1. The number of carbonyl (C=O) groups is 2. The average Bonchev–Trinajstić information content (AvgIpc) is 2.51. The molecule has 24 heavy (non-hydrogen) atoms. The quantitative estimate of drug-likeness (QED) is 0.728. The van der Waals surface area contributed by atoms with Crippen LogP contribution in [-0.2, 0) is 20.9 Å². The Morgan fingerprint density at radius 3 is 2.67 bits per heavy atom. The van der Waals surface area contributed by atoms with Crippen LogP contribution < -0.4 is 5.56 Å². The molecule has 0 amide bonds. The number of nitrogens with zero attached hydrogens (tertiary/aromatic N) is 2. The number of aromatic nitrogens is 2. The summed E-state index contributed by atoms with van der Waals surface area (Å²) in [5, 5.41) is 0.475. The molecular formula is C17H19BrN2O4. The Balaban J connectivity index is 2.01. The molecule has 0 saturated heterocycles. The highest BCUT2D eigenvalue weighted by atomic mass is 79.9. The van der Waals surface area contributed by atoms with Crippen molar-refractivity contribution < 1.29 is 14.3 Å². The molecule has 0 spiro atoms. The van der Waals surface area contributed by atoms with Crippen molar-refractivity contribution in [3.63, 3.8) is 0 Å². The highest BCUT2D eigenvalue weighted by Crippen LogP contribution is 2.15. The largest absolute Gasteiger partial charge is 0.458 e. The molecule has 2 rings (SSSR count). The third-order valence-corrected chi connectivity index (χ3v) is 4.04. The van der Waals surface area contributed by atoms with Gasteiger partial charge < -0.3 is 4.74 Å². The fourth-order valence-corrected chi connectivity index (χ4v) is 2.30. The zero-order valence-corrected chi connectivity index (χ0v) is 15.4. The normalized spacial score (nSPS) is 11.5. The van der Waals surface area contributed by atoms with Gasteiger partial charge >= 0.3 is 5.97 Å². The van der Waals surface area contributed by atoms with Crippen LogP contribution in [0.3, 0.4) is 0 Å². The summed E-state index contributed by atoms with van der Waals surface area (Å²) in [6, 6.07) is 5.25. The van der Waals surface area contributed by atoms with Gasteiger partial charge in [0.1, 0.15) is 0 Å². The van der Waals surface area contributed by atoms with Crippen molar-refractivity contribution in [1.82, 2.24) is 9.55 Å². The number of aryl methyl sites for hydroxylation is 1. The maximum atomic E-state index is 12.4. The Bertz CT molecular complexity index is 837. The van der Waals surface area contributed by atoms with Crippen molar-refractivity contribution in [1.29, 1.82) is 0 Å². The third-order valence-electron chi connectivity index (χ3n) is 3.54. The van der Waals surface area contributed by atoms with E-state index in [0.29, 0.717) is 10.9 Å². The summed E-state index contributed by atoms with van der Waals surface area (Å²) in [4.78, 5) is 40.1. The molecule has 0 radical (unpaired) electrons. The lowest BCUT2D eigenvalue weighted by Gasteiger charge is -2.16. The molecule has 0 fully saturated rings. The molecule has 0 unspecified atom stereocenters. The molecule has 128 valence electrons. The molecule has 1 heterocycles. The van der Waals surface area contributed by atoms with Crippen molar-refractivity contribution in [3.8, 4) is 0 Å². The predicted octanol–water partition coefficient (Wildman–Crippen LogP) is 2.71. The van der Waals surface area contributed by atoms with E-state index in [1.54, 1.807) is 32.9 Å². The van der Waals surface area contributed by atoms with Gasteiger partial charge in [0, 0.05) is 16.4 Å². The Labute approximate surface area is 148 Å². The number of fused-ring (bicyclic) bond motifs is 1. The minimum Gasteiger partial charge on any atom is -0.458 e. The van der Waals surface area contributed by atoms with Crippen LogP contribution in [0.2, 0.25) is 0 Å². The molecule has 0 aliphatic carbocycles. The molecule has 0 saturated carbocycles. The van der Waals surface area contributed by atoms with Crippen molar-refractivity contribution >= 4 is 38.6 Å². The second-order valence-electron chi connectivity index (χ2n) is 6.49. The Morgan fingerprint density at radius 1 is 1.29 bits per heavy atom. The van der Waals surface area contributed by atoms with Crippen LogP contribution in [-0.4, -0.2) is 27.9 Å². The van der Waals surface area contributed by atoms with Crippen LogP contribution in [0.4, 0.5) is 0 Å². The maximum absolute atomic E-state index is 12.4. The van der Waals surface area contributed by atoms with Gasteiger partial charge in [0.25, 0.3) is 5.56 Å². The van der Waals surface area contributed by atoms with Gasteiger partial charge in [-0.25, -0.2) is 4.98 Å². The number of esters is 1. The topological polar surface area (TPSA) is 78.3 Å². The number of Topliss-reactive ketones (excluding diaryl/α,β-unsaturated/α-hetero) is 1. The average molecular weight is 395 g/mol. The molecule has 1 aromatic heterocycles. The molecule has 1 aromatic carbocycles. The monoisotopic (exact) mass is 394 g/mol. The first kappa shape index (κ1) is 18.3. The molecule has 0 atom stereocenters. The smallest absolute Gasteiger partial charge is 0.308 e. The van der Waals surface area contributed by atoms with Crippen molar-refractivity contribution in [2.75, 3.05) is 6.61 Å². The zero-order chi connectivity index (χ0) is 17.9. The number of hydrogen-bond acceptors (Lipinski definition) is 5. The van der Waals surface area contributed by atoms with Gasteiger partial charge in [0.2, 0.25) is 0 Å². The lowest BCUT2D eigenvalue weighted by atomic mass is 9.91. The molecule has 0 N–H and O–H groups in total. The summed E-state index contributed by atoms with van der Waals surface area (Å²) < 4.78 is 7.11. The van der Waals surface area contributed by atoms with Crippen LogP contribution in [0.25, 0.3) is 10.9 Å². The van der Waals surface area contributed by atoms with Crippen LogP contribution in [0.1, 0.15) is 27.2 Å². The fraction of sp³-hybridized carbons (Fsp3) is 0.412. The number of benzene rings is 1. The summed E-state index contributed by atoms with van der Waals surface area (Å²) >= 11 is 3.32. The van der Waals surface area contributed by atoms with E-state index in [0.717, 1.165) is 4.47 Å². The molecule has 0 bridgehead atoms. The minimum atomic E-state index is -0.549. The second-order valence-corrected chi connectivity index (χ2v) is 7.40. The van der Waals surface area contributed by atoms with E-state index in [4.69, 9.17) is 4.74 Å². The van der Waals surface area contributed by atoms with Crippen molar-refractivity contribution in [3.05, 3.63) is 39.4 Å². The third kappa shape index (κ3) is 4.50. The predicted molar refractivity (Wildman–Crippen MR) is 93.7 cm³/mol. The van der Waals surface area contributed by atoms with Crippen LogP contribution in [0.15, 0.2) is 33.8 Å². The van der Waals surface area contributed by atoms with E-state index in [-0.39, 0.29) is 30.9 Å². The van der Waals surface area contributed by atoms with E-state index < -0.39 is 11.4 Å². The first-order valence-corrected chi connectivity index (χ1v) is 8.31. The van der Waals surface area contributed by atoms with Crippen molar-refractivity contribution in [2.45, 2.75) is 33.7 Å². The van der Waals surface area contributed by atoms with Gasteiger partial charge in [-0.2, -0.15) is 0 Å². The molecule has 0 aliphatic heterocycles. The van der Waals surface area contributed by atoms with E-state index in [1.807, 2.05) is 6.07 Å². The lowest BCUT2D eigenvalue weighted by Crippen LogP contribution is -2.27. The fourth-order valence-electron chi connectivity index (χ4n) is 1.94. The van der Waals surface area contributed by atoms with Crippen LogP contribution >= 0.6 is 15.9 Å². The molecule has 7 heteroatoms. The number of hydrogen-bond donors (Lipinski definition) is 0. The number of halogens is 1. The zero-order valence-electron chi connectivity index (χ0n) is 13.8. The standard InChI is InChI=1S/C17H19BrN2O4/c1-17(2,3)14(21)9-24-15(22)6-7-20-10-19-13-5-4-11(18)8-12(13)16(20)23/h4-5,8,10H,6-7,9H2,1-3H3. The van der Waals surface area contributed by atoms with Gasteiger partial charge in [0.05, 0.1) is 23.7 Å². The number of carbonyl (C=O) groups excluding carboxylic acids is 2. The van der Waals surface area contributed by atoms with E-state index in [9.17, 15) is 14.4 Å². The van der Waals surface area contributed by atoms with Crippen molar-refractivity contribution in [2.24, 2.45) is 5.41 Å². The molecule has 0 aliphatic rings. The summed E-state index contributed by atoms with van der Waals surface area (Å²) in [6.07, 6.45) is 1.41.